The number of rotatable bonds is 4. The van der Waals surface area contributed by atoms with Gasteiger partial charge >= 0.3 is 0 Å². The van der Waals surface area contributed by atoms with E-state index in [2.05, 4.69) is 15.3 Å². The van der Waals surface area contributed by atoms with E-state index in [9.17, 15) is 0 Å². The Hall–Kier alpha value is -1.03. The molecule has 0 bridgehead atoms. The van der Waals surface area contributed by atoms with Gasteiger partial charge in [-0.15, -0.1) is 0 Å². The lowest BCUT2D eigenvalue weighted by molar-refractivity contribution is 0.851. The van der Waals surface area contributed by atoms with Gasteiger partial charge in [-0.1, -0.05) is 47.8 Å². The lowest BCUT2D eigenvalue weighted by Gasteiger charge is -2.18. The quantitative estimate of drug-likeness (QED) is 0.746. The van der Waals surface area contributed by atoms with E-state index in [1.54, 1.807) is 6.07 Å². The van der Waals surface area contributed by atoms with E-state index in [-0.39, 0.29) is 6.04 Å². The summed E-state index contributed by atoms with van der Waals surface area (Å²) in [5.41, 5.74) is 1.78. The summed E-state index contributed by atoms with van der Waals surface area (Å²) in [7, 11) is 0. The zero-order chi connectivity index (χ0) is 15.6. The number of hydrogen-bond donors (Lipinski definition) is 1. The highest BCUT2D eigenvalue weighted by Gasteiger charge is 2.14. The van der Waals surface area contributed by atoms with Crippen LogP contribution < -0.4 is 5.32 Å². The van der Waals surface area contributed by atoms with E-state index < -0.39 is 0 Å². The van der Waals surface area contributed by atoms with Crippen molar-refractivity contribution in [1.29, 1.82) is 0 Å². The molecule has 21 heavy (non-hydrogen) atoms. The molecular weight excluding hydrogens is 329 g/mol. The van der Waals surface area contributed by atoms with E-state index in [4.69, 9.17) is 34.8 Å². The largest absolute Gasteiger partial charge is 0.363 e. The van der Waals surface area contributed by atoms with E-state index in [0.717, 1.165) is 23.4 Å². The van der Waals surface area contributed by atoms with Crippen LogP contribution in [-0.2, 0) is 6.42 Å². The van der Waals surface area contributed by atoms with Crippen LogP contribution in [0.5, 0.6) is 0 Å². The van der Waals surface area contributed by atoms with Crippen LogP contribution >= 0.6 is 34.8 Å². The summed E-state index contributed by atoms with van der Waals surface area (Å²) in [6.45, 7) is 5.89. The van der Waals surface area contributed by atoms with Gasteiger partial charge in [0.05, 0.1) is 6.04 Å². The van der Waals surface area contributed by atoms with Crippen molar-refractivity contribution in [3.05, 3.63) is 50.3 Å². The van der Waals surface area contributed by atoms with Crippen LogP contribution in [-0.4, -0.2) is 9.97 Å². The summed E-state index contributed by atoms with van der Waals surface area (Å²) in [6, 6.07) is 5.43. The second-order valence-corrected chi connectivity index (χ2v) is 5.99. The van der Waals surface area contributed by atoms with Gasteiger partial charge in [-0.3, -0.25) is 0 Å². The standard InChI is InChI=1S/C15H16Cl3N3/c1-4-13-20-14(18)8(2)15(21-13)19-9(3)11-6-5-10(16)7-12(11)17/h5-7,9H,4H2,1-3H3,(H,19,20,21). The minimum absolute atomic E-state index is 0.0239. The van der Waals surface area contributed by atoms with E-state index >= 15 is 0 Å². The molecule has 0 aliphatic rings. The Morgan fingerprint density at radius 2 is 1.90 bits per heavy atom. The summed E-state index contributed by atoms with van der Waals surface area (Å²) in [5, 5.41) is 5.05. The number of anilines is 1. The highest BCUT2D eigenvalue weighted by Crippen LogP contribution is 2.30. The van der Waals surface area contributed by atoms with Gasteiger partial charge in [0, 0.05) is 22.0 Å². The van der Waals surface area contributed by atoms with E-state index in [0.29, 0.717) is 21.0 Å². The van der Waals surface area contributed by atoms with Crippen molar-refractivity contribution in [2.24, 2.45) is 0 Å². The normalized spacial score (nSPS) is 12.3. The van der Waals surface area contributed by atoms with Crippen LogP contribution in [0, 0.1) is 6.92 Å². The maximum atomic E-state index is 6.24. The maximum absolute atomic E-state index is 6.24. The predicted molar refractivity (Wildman–Crippen MR) is 89.7 cm³/mol. The lowest BCUT2D eigenvalue weighted by atomic mass is 10.1. The first-order chi connectivity index (χ1) is 9.92. The number of aromatic nitrogens is 2. The molecule has 2 aromatic rings. The molecule has 1 aromatic heterocycles. The minimum Gasteiger partial charge on any atom is -0.363 e. The third-order valence-corrected chi connectivity index (χ3v) is 4.16. The zero-order valence-electron chi connectivity index (χ0n) is 12.0. The Morgan fingerprint density at radius 1 is 1.19 bits per heavy atom. The SMILES string of the molecule is CCc1nc(Cl)c(C)c(NC(C)c2ccc(Cl)cc2Cl)n1. The number of nitrogens with zero attached hydrogens (tertiary/aromatic N) is 2. The molecular formula is C15H16Cl3N3. The van der Waals surface area contributed by atoms with Crippen molar-refractivity contribution in [3.8, 4) is 0 Å². The Labute approximate surface area is 139 Å². The van der Waals surface area contributed by atoms with Crippen molar-refractivity contribution in [3.63, 3.8) is 0 Å². The van der Waals surface area contributed by atoms with Crippen molar-refractivity contribution in [2.45, 2.75) is 33.2 Å². The highest BCUT2D eigenvalue weighted by molar-refractivity contribution is 6.35. The molecule has 1 unspecified atom stereocenters. The third-order valence-electron chi connectivity index (χ3n) is 3.23. The average Bonchev–Trinajstić information content (AvgIpc) is 2.43. The van der Waals surface area contributed by atoms with Gasteiger partial charge in [-0.25, -0.2) is 9.97 Å². The Bertz CT molecular complexity index is 659. The first-order valence-electron chi connectivity index (χ1n) is 6.66. The fourth-order valence-corrected chi connectivity index (χ4v) is 2.73. The second-order valence-electron chi connectivity index (χ2n) is 4.79. The van der Waals surface area contributed by atoms with Crippen LogP contribution in [0.4, 0.5) is 5.82 Å². The summed E-state index contributed by atoms with van der Waals surface area (Å²) in [4.78, 5) is 8.72. The molecule has 112 valence electrons. The molecule has 0 fully saturated rings. The van der Waals surface area contributed by atoms with Gasteiger partial charge in [0.1, 0.15) is 16.8 Å². The van der Waals surface area contributed by atoms with Gasteiger partial charge < -0.3 is 5.32 Å². The predicted octanol–water partition coefficient (Wildman–Crippen LogP) is 5.48. The van der Waals surface area contributed by atoms with E-state index in [1.807, 2.05) is 32.9 Å². The number of benzene rings is 1. The molecule has 0 spiro atoms. The fourth-order valence-electron chi connectivity index (χ4n) is 1.97. The summed E-state index contributed by atoms with van der Waals surface area (Å²) in [5.74, 6) is 1.44. The minimum atomic E-state index is -0.0239. The monoisotopic (exact) mass is 343 g/mol. The van der Waals surface area contributed by atoms with Crippen molar-refractivity contribution >= 4 is 40.6 Å². The first-order valence-corrected chi connectivity index (χ1v) is 7.80. The molecule has 0 radical (unpaired) electrons. The van der Waals surface area contributed by atoms with Crippen LogP contribution in [0.1, 0.15) is 36.8 Å². The molecule has 0 aliphatic heterocycles. The van der Waals surface area contributed by atoms with Crippen LogP contribution in [0.15, 0.2) is 18.2 Å². The smallest absolute Gasteiger partial charge is 0.137 e. The van der Waals surface area contributed by atoms with Gasteiger partial charge in [-0.2, -0.15) is 0 Å². The number of hydrogen-bond acceptors (Lipinski definition) is 3. The third kappa shape index (κ3) is 3.79. The number of nitrogens with one attached hydrogen (secondary N) is 1. The van der Waals surface area contributed by atoms with E-state index in [1.165, 1.54) is 0 Å². The molecule has 1 aromatic carbocycles. The molecule has 1 N–H and O–H groups in total. The fraction of sp³-hybridized carbons (Fsp3) is 0.333. The van der Waals surface area contributed by atoms with Gasteiger partial charge in [0.15, 0.2) is 0 Å². The van der Waals surface area contributed by atoms with Crippen LogP contribution in [0.2, 0.25) is 15.2 Å². The van der Waals surface area contributed by atoms with Crippen molar-refractivity contribution < 1.29 is 0 Å². The summed E-state index contributed by atoms with van der Waals surface area (Å²) >= 11 is 18.3. The molecule has 1 atom stereocenters. The van der Waals surface area contributed by atoms with Gasteiger partial charge in [0.25, 0.3) is 0 Å². The molecule has 6 heteroatoms. The summed E-state index contributed by atoms with van der Waals surface area (Å²) in [6.07, 6.45) is 0.727. The second kappa shape index (κ2) is 6.82. The molecule has 0 saturated carbocycles. The Morgan fingerprint density at radius 3 is 2.52 bits per heavy atom. The zero-order valence-corrected chi connectivity index (χ0v) is 14.3. The molecule has 3 nitrogen and oxygen atoms in total. The first kappa shape index (κ1) is 16.3. The molecule has 2 rings (SSSR count). The maximum Gasteiger partial charge on any atom is 0.137 e. The van der Waals surface area contributed by atoms with Crippen LogP contribution in [0.25, 0.3) is 0 Å². The number of aryl methyl sites for hydroxylation is 1. The Balaban J connectivity index is 2.31. The highest BCUT2D eigenvalue weighted by atomic mass is 35.5. The van der Waals surface area contributed by atoms with Crippen molar-refractivity contribution in [2.75, 3.05) is 5.32 Å². The number of halogens is 3. The molecule has 1 heterocycles. The molecule has 0 amide bonds. The van der Waals surface area contributed by atoms with Gasteiger partial charge in [-0.05, 0) is 31.5 Å². The topological polar surface area (TPSA) is 37.8 Å². The molecule has 0 aliphatic carbocycles. The average molecular weight is 345 g/mol. The van der Waals surface area contributed by atoms with Crippen molar-refractivity contribution in [1.82, 2.24) is 9.97 Å². The molecule has 0 saturated heterocycles. The van der Waals surface area contributed by atoms with Crippen LogP contribution in [0.3, 0.4) is 0 Å². The van der Waals surface area contributed by atoms with Gasteiger partial charge in [0.2, 0.25) is 0 Å². The summed E-state index contributed by atoms with van der Waals surface area (Å²) < 4.78 is 0. The Kier molecular flexibility index (Phi) is 5.31. The lowest BCUT2D eigenvalue weighted by Crippen LogP contribution is -2.11.